The molecule has 0 bridgehead atoms. The molecule has 0 amide bonds. The Bertz CT molecular complexity index is 1140. The van der Waals surface area contributed by atoms with E-state index in [2.05, 4.69) is 0 Å². The van der Waals surface area contributed by atoms with E-state index in [1.54, 1.807) is 0 Å². The average Bonchev–Trinajstić information content (AvgIpc) is 2.60. The second-order valence-electron chi connectivity index (χ2n) is 5.41. The molecule has 1 heterocycles. The fourth-order valence-corrected chi connectivity index (χ4v) is 2.36. The summed E-state index contributed by atoms with van der Waals surface area (Å²) >= 11 is 0. The van der Waals surface area contributed by atoms with Crippen LogP contribution in [0.15, 0.2) is 51.7 Å². The van der Waals surface area contributed by atoms with Gasteiger partial charge >= 0.3 is 23.2 Å². The topological polar surface area (TPSA) is 126 Å². The fraction of sp³-hybridized carbons (Fsp3) is 0.0625. The van der Waals surface area contributed by atoms with Crippen LogP contribution in [0.1, 0.15) is 5.56 Å². The van der Waals surface area contributed by atoms with Gasteiger partial charge in [-0.3, -0.25) is 20.2 Å². The van der Waals surface area contributed by atoms with Crippen molar-refractivity contribution in [2.24, 2.45) is 0 Å². The summed E-state index contributed by atoms with van der Waals surface area (Å²) in [5, 5.41) is 22.9. The summed E-state index contributed by atoms with van der Waals surface area (Å²) in [7, 11) is 0. The highest BCUT2D eigenvalue weighted by molar-refractivity contribution is 5.78. The van der Waals surface area contributed by atoms with Crippen LogP contribution in [0.2, 0.25) is 0 Å². The molecular weight excluding hydrogens is 389 g/mol. The molecule has 144 valence electrons. The zero-order valence-electron chi connectivity index (χ0n) is 13.4. The normalized spacial score (nSPS) is 11.4. The molecule has 3 aromatic rings. The number of hydrogen-bond donors (Lipinski definition) is 0. The van der Waals surface area contributed by atoms with Gasteiger partial charge in [0.05, 0.1) is 15.4 Å². The fourth-order valence-electron chi connectivity index (χ4n) is 2.36. The van der Waals surface area contributed by atoms with Crippen LogP contribution in [0.25, 0.3) is 11.0 Å². The van der Waals surface area contributed by atoms with Crippen molar-refractivity contribution < 1.29 is 32.2 Å². The summed E-state index contributed by atoms with van der Waals surface area (Å²) in [4.78, 5) is 31.2. The first-order valence-corrected chi connectivity index (χ1v) is 7.32. The van der Waals surface area contributed by atoms with E-state index in [1.807, 2.05) is 0 Å². The third-order valence-electron chi connectivity index (χ3n) is 3.58. The Kier molecular flexibility index (Phi) is 4.47. The van der Waals surface area contributed by atoms with Crippen molar-refractivity contribution in [3.05, 3.63) is 78.7 Å². The molecule has 0 saturated carbocycles. The second kappa shape index (κ2) is 6.64. The Balaban J connectivity index is 2.18. The summed E-state index contributed by atoms with van der Waals surface area (Å²) in [5.41, 5.74) is -4.73. The van der Waals surface area contributed by atoms with E-state index in [1.165, 1.54) is 18.2 Å². The van der Waals surface area contributed by atoms with Crippen LogP contribution in [0.3, 0.4) is 0 Å². The molecule has 0 spiro atoms. The molecule has 1 aromatic heterocycles. The quantitative estimate of drug-likeness (QED) is 0.363. The van der Waals surface area contributed by atoms with Crippen molar-refractivity contribution in [1.29, 1.82) is 0 Å². The summed E-state index contributed by atoms with van der Waals surface area (Å²) < 4.78 is 48.8. The Labute approximate surface area is 151 Å². The molecule has 0 N–H and O–H groups in total. The van der Waals surface area contributed by atoms with Gasteiger partial charge in [0.1, 0.15) is 11.3 Å². The first kappa shape index (κ1) is 18.8. The SMILES string of the molecule is O=c1ccc2ccc(Oc3c([N+](=O)[O-])cc(C(F)(F)F)cc3[N+](=O)[O-])cc2o1. The number of nitro groups is 2. The molecule has 3 rings (SSSR count). The maximum Gasteiger partial charge on any atom is 0.416 e. The van der Waals surface area contributed by atoms with Gasteiger partial charge in [-0.25, -0.2) is 4.79 Å². The zero-order chi connectivity index (χ0) is 20.6. The van der Waals surface area contributed by atoms with Crippen molar-refractivity contribution in [2.75, 3.05) is 0 Å². The highest BCUT2D eigenvalue weighted by atomic mass is 19.4. The molecule has 2 aromatic carbocycles. The van der Waals surface area contributed by atoms with Gasteiger partial charge < -0.3 is 9.15 Å². The lowest BCUT2D eigenvalue weighted by Gasteiger charge is -2.11. The van der Waals surface area contributed by atoms with E-state index in [4.69, 9.17) is 9.15 Å². The van der Waals surface area contributed by atoms with E-state index in [0.717, 1.165) is 12.1 Å². The highest BCUT2D eigenvalue weighted by Gasteiger charge is 2.38. The van der Waals surface area contributed by atoms with Crippen LogP contribution in [-0.4, -0.2) is 9.85 Å². The summed E-state index contributed by atoms with van der Waals surface area (Å²) in [6.07, 6.45) is -5.04. The van der Waals surface area contributed by atoms with E-state index < -0.39 is 44.3 Å². The van der Waals surface area contributed by atoms with Crippen molar-refractivity contribution in [3.8, 4) is 11.5 Å². The first-order chi connectivity index (χ1) is 13.1. The number of rotatable bonds is 4. The summed E-state index contributed by atoms with van der Waals surface area (Å²) in [6.45, 7) is 0. The van der Waals surface area contributed by atoms with Crippen LogP contribution in [-0.2, 0) is 6.18 Å². The van der Waals surface area contributed by atoms with Crippen molar-refractivity contribution >= 4 is 22.3 Å². The van der Waals surface area contributed by atoms with Crippen LogP contribution in [0, 0.1) is 20.2 Å². The number of benzene rings is 2. The van der Waals surface area contributed by atoms with Gasteiger partial charge in [0.25, 0.3) is 5.75 Å². The van der Waals surface area contributed by atoms with Gasteiger partial charge in [0, 0.05) is 29.7 Å². The van der Waals surface area contributed by atoms with Gasteiger partial charge in [-0.15, -0.1) is 0 Å². The lowest BCUT2D eigenvalue weighted by atomic mass is 10.1. The summed E-state index contributed by atoms with van der Waals surface area (Å²) in [5.74, 6) is -1.20. The lowest BCUT2D eigenvalue weighted by Crippen LogP contribution is -2.08. The minimum atomic E-state index is -5.04. The van der Waals surface area contributed by atoms with Gasteiger partial charge in [-0.1, -0.05) is 0 Å². The number of alkyl halides is 3. The number of fused-ring (bicyclic) bond motifs is 1. The van der Waals surface area contributed by atoms with Crippen LogP contribution in [0.5, 0.6) is 11.5 Å². The largest absolute Gasteiger partial charge is 0.444 e. The highest BCUT2D eigenvalue weighted by Crippen LogP contribution is 2.44. The zero-order valence-corrected chi connectivity index (χ0v) is 13.4. The van der Waals surface area contributed by atoms with Gasteiger partial charge in [0.2, 0.25) is 0 Å². The molecule has 28 heavy (non-hydrogen) atoms. The van der Waals surface area contributed by atoms with Gasteiger partial charge in [0.15, 0.2) is 0 Å². The Morgan fingerprint density at radius 1 is 0.929 bits per heavy atom. The number of ether oxygens (including phenoxy) is 1. The number of nitrogens with zero attached hydrogens (tertiary/aromatic N) is 2. The molecule has 0 radical (unpaired) electrons. The third kappa shape index (κ3) is 3.60. The Morgan fingerprint density at radius 3 is 2.04 bits per heavy atom. The molecule has 0 atom stereocenters. The molecule has 0 aliphatic rings. The number of hydrogen-bond acceptors (Lipinski definition) is 7. The van der Waals surface area contributed by atoms with E-state index in [-0.39, 0.29) is 23.5 Å². The van der Waals surface area contributed by atoms with E-state index in [0.29, 0.717) is 5.39 Å². The second-order valence-corrected chi connectivity index (χ2v) is 5.41. The molecule has 0 unspecified atom stereocenters. The minimum absolute atomic E-state index is 0.0159. The molecular formula is C16H7F3N2O7. The van der Waals surface area contributed by atoms with E-state index >= 15 is 0 Å². The van der Waals surface area contributed by atoms with Crippen LogP contribution in [0.4, 0.5) is 24.5 Å². The number of nitro benzene ring substituents is 2. The lowest BCUT2D eigenvalue weighted by molar-refractivity contribution is -0.396. The molecule has 0 saturated heterocycles. The molecule has 12 heteroatoms. The van der Waals surface area contributed by atoms with Crippen LogP contribution >= 0.6 is 0 Å². The maximum atomic E-state index is 12.9. The number of halogens is 3. The third-order valence-corrected chi connectivity index (χ3v) is 3.58. The average molecular weight is 396 g/mol. The summed E-state index contributed by atoms with van der Waals surface area (Å²) in [6, 6.07) is 6.64. The van der Waals surface area contributed by atoms with Crippen molar-refractivity contribution in [2.45, 2.75) is 6.18 Å². The monoisotopic (exact) mass is 396 g/mol. The van der Waals surface area contributed by atoms with Gasteiger partial charge in [-0.2, -0.15) is 13.2 Å². The standard InChI is InChI=1S/C16H7F3N2O7/c17-16(18,19)9-5-11(20(23)24)15(12(6-9)21(25)26)27-10-3-1-8-2-4-14(22)28-13(8)7-10/h1-7H. The Morgan fingerprint density at radius 2 is 1.50 bits per heavy atom. The minimum Gasteiger partial charge on any atom is -0.444 e. The van der Waals surface area contributed by atoms with E-state index in [9.17, 15) is 38.2 Å². The molecule has 0 fully saturated rings. The van der Waals surface area contributed by atoms with Crippen molar-refractivity contribution in [3.63, 3.8) is 0 Å². The van der Waals surface area contributed by atoms with Crippen LogP contribution < -0.4 is 10.4 Å². The van der Waals surface area contributed by atoms with Gasteiger partial charge in [-0.05, 0) is 18.2 Å². The predicted molar refractivity (Wildman–Crippen MR) is 87.3 cm³/mol. The Hall–Kier alpha value is -3.96. The first-order valence-electron chi connectivity index (χ1n) is 7.32. The smallest absolute Gasteiger partial charge is 0.416 e. The maximum absolute atomic E-state index is 12.9. The molecule has 0 aliphatic carbocycles. The molecule has 0 aliphatic heterocycles. The predicted octanol–water partition coefficient (Wildman–Crippen LogP) is 4.42. The molecule has 9 nitrogen and oxygen atoms in total. The van der Waals surface area contributed by atoms with Crippen molar-refractivity contribution in [1.82, 2.24) is 0 Å².